The van der Waals surface area contributed by atoms with Crippen LogP contribution in [0.15, 0.2) is 48.6 Å². The molecular weight excluding hydrogens is 426 g/mol. The molecule has 0 heterocycles. The molecule has 0 bridgehead atoms. The summed E-state index contributed by atoms with van der Waals surface area (Å²) in [6, 6.07) is 13.2. The van der Waals surface area contributed by atoms with Crippen molar-refractivity contribution in [2.24, 2.45) is 0 Å². The standard InChI is InChI=1S/2C10H9.C2H4.2ClH.Zr/c2*1-8-5-6-9-3-2-4-10(9)7-8;1-2;;;/h2*2-7H,1H3;1H,2H3;2*1H;/q;;;;;+2/p-2. The normalized spacial score (nSPS) is 21.4. The van der Waals surface area contributed by atoms with E-state index in [2.05, 4.69) is 85.2 Å². The van der Waals surface area contributed by atoms with Crippen LogP contribution in [0.4, 0.5) is 0 Å². The zero-order valence-corrected chi connectivity index (χ0v) is 18.7. The number of halogens is 2. The molecule has 2 aliphatic rings. The van der Waals surface area contributed by atoms with E-state index in [1.54, 1.807) is 0 Å². The van der Waals surface area contributed by atoms with Gasteiger partial charge in [0.25, 0.3) is 0 Å². The van der Waals surface area contributed by atoms with Crippen LogP contribution in [0.3, 0.4) is 0 Å². The van der Waals surface area contributed by atoms with Crippen molar-refractivity contribution in [3.8, 4) is 0 Å². The Hall–Kier alpha value is -0.747. The van der Waals surface area contributed by atoms with Gasteiger partial charge in [0.2, 0.25) is 0 Å². The summed E-state index contributed by atoms with van der Waals surface area (Å²) in [5.41, 5.74) is 7.64. The maximum absolute atomic E-state index is 7.54. The van der Waals surface area contributed by atoms with Gasteiger partial charge in [-0.25, -0.2) is 0 Å². The number of aryl methyl sites for hydroxylation is 2. The summed E-state index contributed by atoms with van der Waals surface area (Å²) in [7, 11) is 15.1. The SMILES string of the molecule is C[CH]=[Zr]([Cl])([Cl])([CH]1C=Cc2cc(C)ccc21)[CH]1C=Cc2cc(C)ccc21. The molecule has 0 spiro atoms. The molecule has 2 aromatic carbocycles. The Morgan fingerprint density at radius 2 is 1.24 bits per heavy atom. The molecule has 128 valence electrons. The van der Waals surface area contributed by atoms with E-state index in [4.69, 9.17) is 17.0 Å². The molecule has 0 amide bonds. The van der Waals surface area contributed by atoms with Crippen LogP contribution in [0.25, 0.3) is 12.2 Å². The number of rotatable bonds is 2. The van der Waals surface area contributed by atoms with Crippen molar-refractivity contribution in [2.75, 3.05) is 0 Å². The average molecular weight is 449 g/mol. The third-order valence-corrected chi connectivity index (χ3v) is 25.0. The maximum atomic E-state index is 7.54. The van der Waals surface area contributed by atoms with Crippen LogP contribution < -0.4 is 0 Å². The second-order valence-corrected chi connectivity index (χ2v) is 29.1. The minimum absolute atomic E-state index is 0.118. The van der Waals surface area contributed by atoms with Gasteiger partial charge in [-0.05, 0) is 0 Å². The molecule has 2 aromatic rings. The van der Waals surface area contributed by atoms with E-state index in [1.807, 2.05) is 0 Å². The van der Waals surface area contributed by atoms with E-state index in [9.17, 15) is 0 Å². The van der Waals surface area contributed by atoms with Gasteiger partial charge < -0.3 is 0 Å². The topological polar surface area (TPSA) is 0 Å². The van der Waals surface area contributed by atoms with E-state index in [0.29, 0.717) is 0 Å². The molecule has 0 fully saturated rings. The van der Waals surface area contributed by atoms with E-state index in [-0.39, 0.29) is 7.25 Å². The summed E-state index contributed by atoms with van der Waals surface area (Å²) in [5, 5.41) is 0. The Balaban J connectivity index is 1.89. The van der Waals surface area contributed by atoms with Crippen molar-refractivity contribution in [1.82, 2.24) is 0 Å². The van der Waals surface area contributed by atoms with Crippen LogP contribution in [0.2, 0.25) is 0 Å². The average Bonchev–Trinajstić information content (AvgIpc) is 3.19. The zero-order valence-electron chi connectivity index (χ0n) is 14.8. The van der Waals surface area contributed by atoms with Gasteiger partial charge in [0, 0.05) is 0 Å². The van der Waals surface area contributed by atoms with Crippen LogP contribution in [0.1, 0.15) is 47.6 Å². The van der Waals surface area contributed by atoms with Crippen molar-refractivity contribution in [2.45, 2.75) is 28.0 Å². The minimum atomic E-state index is -4.33. The molecule has 4 rings (SSSR count). The summed E-state index contributed by atoms with van der Waals surface area (Å²) in [6.07, 6.45) is 8.89. The molecule has 2 unspecified atom stereocenters. The van der Waals surface area contributed by atoms with E-state index < -0.39 is 15.9 Å². The summed E-state index contributed by atoms with van der Waals surface area (Å²) in [6.45, 7) is 6.31. The van der Waals surface area contributed by atoms with E-state index in [0.717, 1.165) is 0 Å². The summed E-state index contributed by atoms with van der Waals surface area (Å²) in [4.78, 5) is 0. The van der Waals surface area contributed by atoms with Crippen molar-refractivity contribution in [1.29, 1.82) is 0 Å². The monoisotopic (exact) mass is 446 g/mol. The van der Waals surface area contributed by atoms with Gasteiger partial charge in [-0.1, -0.05) is 0 Å². The molecule has 3 heteroatoms. The van der Waals surface area contributed by atoms with Crippen LogP contribution in [0.5, 0.6) is 0 Å². The molecular formula is C22H22Cl2Zr. The van der Waals surface area contributed by atoms with Crippen LogP contribution >= 0.6 is 17.0 Å². The molecule has 2 aliphatic carbocycles. The first kappa shape index (κ1) is 17.7. The zero-order chi connectivity index (χ0) is 17.8. The Labute approximate surface area is 157 Å². The first-order valence-corrected chi connectivity index (χ1v) is 19.4. The Morgan fingerprint density at radius 3 is 1.64 bits per heavy atom. The fraction of sp³-hybridized carbons (Fsp3) is 0.227. The van der Waals surface area contributed by atoms with Gasteiger partial charge in [-0.3, -0.25) is 0 Å². The molecule has 0 radical (unpaired) electrons. The third-order valence-electron chi connectivity index (χ3n) is 5.83. The number of allylic oxidation sites excluding steroid dienone is 2. The molecule has 0 aromatic heterocycles. The van der Waals surface area contributed by atoms with Gasteiger partial charge >= 0.3 is 159 Å². The molecule has 0 saturated heterocycles. The molecule has 0 N–H and O–H groups in total. The van der Waals surface area contributed by atoms with Crippen molar-refractivity contribution in [3.05, 3.63) is 81.9 Å². The second-order valence-electron chi connectivity index (χ2n) is 7.45. The van der Waals surface area contributed by atoms with Crippen molar-refractivity contribution < 1.29 is 15.9 Å². The molecule has 0 nitrogen and oxygen atoms in total. The van der Waals surface area contributed by atoms with Gasteiger partial charge in [-0.15, -0.1) is 0 Å². The molecule has 25 heavy (non-hydrogen) atoms. The Morgan fingerprint density at radius 1 is 0.800 bits per heavy atom. The first-order valence-electron chi connectivity index (χ1n) is 8.79. The quantitative estimate of drug-likeness (QED) is 0.466. The predicted molar refractivity (Wildman–Crippen MR) is 109 cm³/mol. The Bertz CT molecular complexity index is 931. The fourth-order valence-electron chi connectivity index (χ4n) is 4.37. The summed E-state index contributed by atoms with van der Waals surface area (Å²) in [5.74, 6) is 0. The van der Waals surface area contributed by atoms with Crippen LogP contribution in [0, 0.1) is 13.8 Å². The van der Waals surface area contributed by atoms with Gasteiger partial charge in [0.15, 0.2) is 0 Å². The van der Waals surface area contributed by atoms with E-state index in [1.165, 1.54) is 33.4 Å². The van der Waals surface area contributed by atoms with E-state index >= 15 is 0 Å². The number of fused-ring (bicyclic) bond motifs is 2. The van der Waals surface area contributed by atoms with Gasteiger partial charge in [0.1, 0.15) is 0 Å². The summed E-state index contributed by atoms with van der Waals surface area (Å²) < 4.78 is 2.41. The van der Waals surface area contributed by atoms with Gasteiger partial charge in [-0.2, -0.15) is 0 Å². The van der Waals surface area contributed by atoms with Crippen molar-refractivity contribution in [3.63, 3.8) is 0 Å². The molecule has 0 saturated carbocycles. The Kier molecular flexibility index (Phi) is 4.15. The predicted octanol–water partition coefficient (Wildman–Crippen LogP) is 6.96. The van der Waals surface area contributed by atoms with Crippen LogP contribution in [-0.2, 0) is 15.9 Å². The second kappa shape index (κ2) is 5.88. The van der Waals surface area contributed by atoms with Crippen molar-refractivity contribution >= 4 is 32.9 Å². The molecule has 0 aliphatic heterocycles. The number of hydrogen-bond donors (Lipinski definition) is 0. The number of benzene rings is 2. The van der Waals surface area contributed by atoms with Crippen LogP contribution in [-0.4, -0.2) is 3.71 Å². The van der Waals surface area contributed by atoms with Gasteiger partial charge in [0.05, 0.1) is 0 Å². The first-order chi connectivity index (χ1) is 11.8. The molecule has 2 atom stereocenters. The summed E-state index contributed by atoms with van der Waals surface area (Å²) >= 11 is -4.33. The number of hydrogen-bond acceptors (Lipinski definition) is 0. The third kappa shape index (κ3) is 2.63. The fourth-order valence-corrected chi connectivity index (χ4v) is 18.1.